The third-order valence-corrected chi connectivity index (χ3v) is 8.26. The number of aromatic nitrogens is 1. The molecule has 1 aliphatic rings. The minimum Gasteiger partial charge on any atom is -0.458 e. The summed E-state index contributed by atoms with van der Waals surface area (Å²) >= 11 is 1.28. The standard InChI is InChI=1S/C22H27N3O6S2/c1-4-24(16(3)27)22-23-18(14-32-22)13-31-21(28)20-7-5-6-12-25(20)33(29,30)19-10-8-17(9-11-19)15(2)26/h8-11,14,20H,4-7,12-13H2,1-3H3. The van der Waals surface area contributed by atoms with E-state index < -0.39 is 22.0 Å². The number of sulfonamides is 1. The normalized spacial score (nSPS) is 16.9. The fourth-order valence-electron chi connectivity index (χ4n) is 3.65. The molecule has 1 saturated heterocycles. The Morgan fingerprint density at radius 2 is 1.88 bits per heavy atom. The molecular formula is C22H27N3O6S2. The summed E-state index contributed by atoms with van der Waals surface area (Å²) in [6.45, 7) is 5.28. The number of thiazole rings is 1. The number of amides is 1. The second kappa shape index (κ2) is 10.5. The van der Waals surface area contributed by atoms with E-state index in [1.54, 1.807) is 5.38 Å². The van der Waals surface area contributed by atoms with Gasteiger partial charge in [-0.15, -0.1) is 11.3 Å². The molecule has 0 N–H and O–H groups in total. The molecule has 1 aliphatic heterocycles. The first-order chi connectivity index (χ1) is 15.6. The summed E-state index contributed by atoms with van der Waals surface area (Å²) in [4.78, 5) is 41.9. The number of hydrogen-bond donors (Lipinski definition) is 0. The van der Waals surface area contributed by atoms with Crippen LogP contribution in [0.4, 0.5) is 5.13 Å². The lowest BCUT2D eigenvalue weighted by Crippen LogP contribution is -2.48. The van der Waals surface area contributed by atoms with Gasteiger partial charge in [0, 0.05) is 31.0 Å². The molecule has 9 nitrogen and oxygen atoms in total. The Hall–Kier alpha value is -2.63. The number of hydrogen-bond acceptors (Lipinski definition) is 8. The monoisotopic (exact) mass is 493 g/mol. The number of nitrogens with zero attached hydrogens (tertiary/aromatic N) is 3. The predicted octanol–water partition coefficient (Wildman–Crippen LogP) is 3.01. The smallest absolute Gasteiger partial charge is 0.324 e. The summed E-state index contributed by atoms with van der Waals surface area (Å²) in [6.07, 6.45) is 1.71. The van der Waals surface area contributed by atoms with E-state index in [-0.39, 0.29) is 29.7 Å². The Kier molecular flexibility index (Phi) is 7.98. The molecular weight excluding hydrogens is 466 g/mol. The zero-order valence-corrected chi connectivity index (χ0v) is 20.4. The number of ketones is 1. The zero-order valence-electron chi connectivity index (χ0n) is 18.8. The number of rotatable bonds is 8. The molecule has 178 valence electrons. The Morgan fingerprint density at radius 3 is 2.48 bits per heavy atom. The van der Waals surface area contributed by atoms with Gasteiger partial charge in [-0.25, -0.2) is 13.4 Å². The van der Waals surface area contributed by atoms with Crippen molar-refractivity contribution in [1.29, 1.82) is 0 Å². The number of anilines is 1. The number of carbonyl (C=O) groups excluding carboxylic acids is 3. The van der Waals surface area contributed by atoms with Crippen LogP contribution >= 0.6 is 11.3 Å². The van der Waals surface area contributed by atoms with E-state index in [9.17, 15) is 22.8 Å². The average molecular weight is 494 g/mol. The molecule has 1 aromatic carbocycles. The van der Waals surface area contributed by atoms with Gasteiger partial charge in [0.05, 0.1) is 10.6 Å². The maximum atomic E-state index is 13.2. The van der Waals surface area contributed by atoms with Crippen molar-refractivity contribution < 1.29 is 27.5 Å². The van der Waals surface area contributed by atoms with Crippen molar-refractivity contribution in [2.45, 2.75) is 57.6 Å². The van der Waals surface area contributed by atoms with Gasteiger partial charge in [-0.05, 0) is 45.2 Å². The first-order valence-corrected chi connectivity index (χ1v) is 13.0. The molecule has 0 spiro atoms. The van der Waals surface area contributed by atoms with E-state index in [1.165, 1.54) is 58.7 Å². The molecule has 3 rings (SSSR count). The van der Waals surface area contributed by atoms with Crippen molar-refractivity contribution in [2.24, 2.45) is 0 Å². The maximum absolute atomic E-state index is 13.2. The summed E-state index contributed by atoms with van der Waals surface area (Å²) in [5, 5.41) is 2.23. The minimum atomic E-state index is -3.94. The van der Waals surface area contributed by atoms with Gasteiger partial charge < -0.3 is 4.74 Å². The number of esters is 1. The summed E-state index contributed by atoms with van der Waals surface area (Å²) in [6, 6.07) is 4.77. The number of benzene rings is 1. The van der Waals surface area contributed by atoms with Gasteiger partial charge in [-0.3, -0.25) is 19.3 Å². The number of carbonyl (C=O) groups is 3. The molecule has 1 aromatic heterocycles. The van der Waals surface area contributed by atoms with Crippen molar-refractivity contribution in [3.8, 4) is 0 Å². The van der Waals surface area contributed by atoms with E-state index in [4.69, 9.17) is 4.74 Å². The third-order valence-electron chi connectivity index (χ3n) is 5.42. The fourth-order valence-corrected chi connectivity index (χ4v) is 6.21. The van der Waals surface area contributed by atoms with Crippen molar-refractivity contribution in [3.05, 3.63) is 40.9 Å². The maximum Gasteiger partial charge on any atom is 0.324 e. The summed E-state index contributed by atoms with van der Waals surface area (Å²) < 4.78 is 33.0. The van der Waals surface area contributed by atoms with E-state index >= 15 is 0 Å². The van der Waals surface area contributed by atoms with E-state index in [0.717, 1.165) is 0 Å². The van der Waals surface area contributed by atoms with Crippen LogP contribution in [-0.4, -0.2) is 54.5 Å². The van der Waals surface area contributed by atoms with Gasteiger partial charge in [-0.2, -0.15) is 4.31 Å². The number of piperidine rings is 1. The van der Waals surface area contributed by atoms with Crippen LogP contribution in [0.5, 0.6) is 0 Å². The Morgan fingerprint density at radius 1 is 1.18 bits per heavy atom. The highest BCUT2D eigenvalue weighted by Gasteiger charge is 2.38. The van der Waals surface area contributed by atoms with Crippen LogP contribution in [0, 0.1) is 0 Å². The zero-order chi connectivity index (χ0) is 24.2. The van der Waals surface area contributed by atoms with E-state index in [0.29, 0.717) is 42.2 Å². The lowest BCUT2D eigenvalue weighted by atomic mass is 10.1. The molecule has 0 aliphatic carbocycles. The molecule has 2 heterocycles. The molecule has 2 aromatic rings. The van der Waals surface area contributed by atoms with Crippen LogP contribution in [-0.2, 0) is 31.0 Å². The van der Waals surface area contributed by atoms with Crippen molar-refractivity contribution >= 4 is 44.2 Å². The van der Waals surface area contributed by atoms with Crippen LogP contribution in [0.2, 0.25) is 0 Å². The molecule has 33 heavy (non-hydrogen) atoms. The van der Waals surface area contributed by atoms with Gasteiger partial charge in [0.15, 0.2) is 10.9 Å². The molecule has 0 radical (unpaired) electrons. The Labute approximate surface area is 197 Å². The van der Waals surface area contributed by atoms with Crippen LogP contribution in [0.15, 0.2) is 34.5 Å². The molecule has 1 fully saturated rings. The second-order valence-corrected chi connectivity index (χ2v) is 10.4. The van der Waals surface area contributed by atoms with Gasteiger partial charge in [0.25, 0.3) is 0 Å². The highest BCUT2D eigenvalue weighted by atomic mass is 32.2. The predicted molar refractivity (Wildman–Crippen MR) is 124 cm³/mol. The number of Topliss-reactive ketones (excluding diaryl/α,β-unsaturated/α-hetero) is 1. The van der Waals surface area contributed by atoms with Gasteiger partial charge in [0.1, 0.15) is 12.6 Å². The second-order valence-electron chi connectivity index (χ2n) is 7.70. The highest BCUT2D eigenvalue weighted by Crippen LogP contribution is 2.27. The average Bonchev–Trinajstić information content (AvgIpc) is 3.26. The Bertz CT molecular complexity index is 1130. The first-order valence-electron chi connectivity index (χ1n) is 10.7. The first kappa shape index (κ1) is 25.0. The summed E-state index contributed by atoms with van der Waals surface area (Å²) in [5.74, 6) is -0.921. The van der Waals surface area contributed by atoms with Crippen molar-refractivity contribution in [2.75, 3.05) is 18.0 Å². The lowest BCUT2D eigenvalue weighted by molar-refractivity contribution is -0.150. The van der Waals surface area contributed by atoms with Gasteiger partial charge >= 0.3 is 5.97 Å². The van der Waals surface area contributed by atoms with E-state index in [2.05, 4.69) is 4.98 Å². The molecule has 11 heteroatoms. The largest absolute Gasteiger partial charge is 0.458 e. The van der Waals surface area contributed by atoms with Gasteiger partial charge in [0.2, 0.25) is 15.9 Å². The summed E-state index contributed by atoms with van der Waals surface area (Å²) in [7, 11) is -3.94. The van der Waals surface area contributed by atoms with Crippen LogP contribution in [0.1, 0.15) is 56.1 Å². The van der Waals surface area contributed by atoms with Crippen LogP contribution < -0.4 is 4.90 Å². The Balaban J connectivity index is 1.72. The van der Waals surface area contributed by atoms with Crippen LogP contribution in [0.3, 0.4) is 0 Å². The number of ether oxygens (including phenoxy) is 1. The topological polar surface area (TPSA) is 114 Å². The fraction of sp³-hybridized carbons (Fsp3) is 0.455. The third kappa shape index (κ3) is 5.66. The highest BCUT2D eigenvalue weighted by molar-refractivity contribution is 7.89. The lowest BCUT2D eigenvalue weighted by Gasteiger charge is -2.33. The molecule has 1 unspecified atom stereocenters. The molecule has 1 atom stereocenters. The van der Waals surface area contributed by atoms with E-state index in [1.807, 2.05) is 6.92 Å². The van der Waals surface area contributed by atoms with Crippen molar-refractivity contribution in [1.82, 2.24) is 9.29 Å². The quantitative estimate of drug-likeness (QED) is 0.410. The minimum absolute atomic E-state index is 0.0280. The van der Waals surface area contributed by atoms with Crippen molar-refractivity contribution in [3.63, 3.8) is 0 Å². The molecule has 0 saturated carbocycles. The van der Waals surface area contributed by atoms with Crippen LogP contribution in [0.25, 0.3) is 0 Å². The molecule has 0 bridgehead atoms. The summed E-state index contributed by atoms with van der Waals surface area (Å²) in [5.41, 5.74) is 0.908. The SMILES string of the molecule is CCN(C(C)=O)c1nc(COC(=O)C2CCCCN2S(=O)(=O)c2ccc(C(C)=O)cc2)cs1. The molecule has 1 amide bonds. The van der Waals surface area contributed by atoms with Gasteiger partial charge in [-0.1, -0.05) is 12.1 Å².